The molecule has 0 aromatic heterocycles. The summed E-state index contributed by atoms with van der Waals surface area (Å²) in [5.74, 6) is 0. The van der Waals surface area contributed by atoms with E-state index in [1.54, 1.807) is 0 Å². The fraction of sp³-hybridized carbons (Fsp3) is 0. The Labute approximate surface area is 127 Å². The van der Waals surface area contributed by atoms with Gasteiger partial charge in [-0.05, 0) is 47.2 Å². The standard InChI is InChI=1S/C17H11ClOS/c18-15-8-6-12(7-9-15)10-14-11-16(20-17(14)19)13-4-2-1-3-5-13/h1-11H/b14-10-. The summed E-state index contributed by atoms with van der Waals surface area (Å²) >= 11 is 7.13. The number of hydrogen-bond donors (Lipinski definition) is 0. The molecular formula is C17H11ClOS. The van der Waals surface area contributed by atoms with Gasteiger partial charge in [0.1, 0.15) is 0 Å². The van der Waals surface area contributed by atoms with E-state index >= 15 is 0 Å². The number of thioether (sulfide) groups is 1. The zero-order chi connectivity index (χ0) is 13.9. The van der Waals surface area contributed by atoms with Crippen molar-refractivity contribution in [3.8, 4) is 0 Å². The maximum Gasteiger partial charge on any atom is 0.224 e. The minimum atomic E-state index is 0.0822. The highest BCUT2D eigenvalue weighted by atomic mass is 35.5. The lowest BCUT2D eigenvalue weighted by atomic mass is 10.1. The van der Waals surface area contributed by atoms with Crippen LogP contribution in [-0.2, 0) is 4.79 Å². The lowest BCUT2D eigenvalue weighted by Gasteiger charge is -1.97. The molecule has 0 radical (unpaired) electrons. The van der Waals surface area contributed by atoms with Crippen LogP contribution in [0.1, 0.15) is 11.1 Å². The van der Waals surface area contributed by atoms with Crippen molar-refractivity contribution < 1.29 is 4.79 Å². The number of carbonyl (C=O) groups is 1. The zero-order valence-electron chi connectivity index (χ0n) is 10.5. The van der Waals surface area contributed by atoms with E-state index in [9.17, 15) is 4.79 Å². The molecule has 0 fully saturated rings. The van der Waals surface area contributed by atoms with Gasteiger partial charge in [0.2, 0.25) is 5.12 Å². The van der Waals surface area contributed by atoms with Gasteiger partial charge in [-0.1, -0.05) is 54.1 Å². The molecule has 20 heavy (non-hydrogen) atoms. The number of rotatable bonds is 2. The lowest BCUT2D eigenvalue weighted by Crippen LogP contribution is -1.87. The summed E-state index contributed by atoms with van der Waals surface area (Å²) in [6.45, 7) is 0. The fourth-order valence-corrected chi connectivity index (χ4v) is 2.97. The highest BCUT2D eigenvalue weighted by Crippen LogP contribution is 2.38. The van der Waals surface area contributed by atoms with Crippen LogP contribution < -0.4 is 0 Å². The molecule has 0 saturated carbocycles. The Hall–Kier alpha value is -1.77. The van der Waals surface area contributed by atoms with Gasteiger partial charge in [0.05, 0.1) is 0 Å². The first-order valence-electron chi connectivity index (χ1n) is 6.19. The lowest BCUT2D eigenvalue weighted by molar-refractivity contribution is -0.107. The van der Waals surface area contributed by atoms with E-state index in [0.29, 0.717) is 5.02 Å². The zero-order valence-corrected chi connectivity index (χ0v) is 12.1. The van der Waals surface area contributed by atoms with Gasteiger partial charge >= 0.3 is 0 Å². The van der Waals surface area contributed by atoms with Gasteiger partial charge in [-0.25, -0.2) is 0 Å². The number of carbonyl (C=O) groups excluding carboxylic acids is 1. The molecule has 98 valence electrons. The molecule has 2 aromatic carbocycles. The molecule has 0 saturated heterocycles. The average molecular weight is 299 g/mol. The smallest absolute Gasteiger partial charge is 0.224 e. The van der Waals surface area contributed by atoms with Crippen LogP contribution in [0.15, 0.2) is 66.2 Å². The molecule has 2 aromatic rings. The molecule has 0 N–H and O–H groups in total. The Morgan fingerprint density at radius 1 is 0.950 bits per heavy atom. The number of halogens is 1. The van der Waals surface area contributed by atoms with Crippen LogP contribution in [0.25, 0.3) is 11.0 Å². The summed E-state index contributed by atoms with van der Waals surface area (Å²) in [6.07, 6.45) is 3.83. The summed E-state index contributed by atoms with van der Waals surface area (Å²) in [6, 6.07) is 17.4. The van der Waals surface area contributed by atoms with E-state index < -0.39 is 0 Å². The largest absolute Gasteiger partial charge is 0.281 e. The summed E-state index contributed by atoms with van der Waals surface area (Å²) in [7, 11) is 0. The Morgan fingerprint density at radius 3 is 2.35 bits per heavy atom. The van der Waals surface area contributed by atoms with Crippen molar-refractivity contribution in [1.29, 1.82) is 0 Å². The molecule has 0 spiro atoms. The van der Waals surface area contributed by atoms with Gasteiger partial charge in [-0.2, -0.15) is 0 Å². The summed E-state index contributed by atoms with van der Waals surface area (Å²) in [5.41, 5.74) is 2.77. The summed E-state index contributed by atoms with van der Waals surface area (Å²) in [5, 5.41) is 0.776. The first kappa shape index (κ1) is 13.2. The van der Waals surface area contributed by atoms with Crippen molar-refractivity contribution in [1.82, 2.24) is 0 Å². The fourth-order valence-electron chi connectivity index (χ4n) is 1.97. The molecule has 0 aliphatic carbocycles. The third-order valence-electron chi connectivity index (χ3n) is 2.98. The predicted molar refractivity (Wildman–Crippen MR) is 86.4 cm³/mol. The van der Waals surface area contributed by atoms with E-state index in [0.717, 1.165) is 21.6 Å². The van der Waals surface area contributed by atoms with E-state index in [4.69, 9.17) is 11.6 Å². The molecule has 0 amide bonds. The number of allylic oxidation sites excluding steroid dienone is 1. The van der Waals surface area contributed by atoms with E-state index in [1.807, 2.05) is 66.7 Å². The van der Waals surface area contributed by atoms with E-state index in [2.05, 4.69) is 0 Å². The molecular weight excluding hydrogens is 288 g/mol. The molecule has 0 atom stereocenters. The SMILES string of the molecule is O=C1SC(c2ccccc2)=C/C1=C/c1ccc(Cl)cc1. The minimum Gasteiger partial charge on any atom is -0.281 e. The third kappa shape index (κ3) is 2.87. The van der Waals surface area contributed by atoms with Crippen LogP contribution in [0, 0.1) is 0 Å². The Bertz CT molecular complexity index is 700. The first-order chi connectivity index (χ1) is 9.72. The van der Waals surface area contributed by atoms with Crippen LogP contribution in [-0.4, -0.2) is 5.12 Å². The molecule has 1 aliphatic heterocycles. The second kappa shape index (κ2) is 5.70. The average Bonchev–Trinajstić information content (AvgIpc) is 2.84. The van der Waals surface area contributed by atoms with Crippen LogP contribution in [0.4, 0.5) is 0 Å². The van der Waals surface area contributed by atoms with E-state index in [-0.39, 0.29) is 5.12 Å². The Morgan fingerprint density at radius 2 is 1.65 bits per heavy atom. The van der Waals surface area contributed by atoms with Gasteiger partial charge in [-0.3, -0.25) is 4.79 Å². The van der Waals surface area contributed by atoms with Gasteiger partial charge in [0, 0.05) is 15.5 Å². The highest BCUT2D eigenvalue weighted by molar-refractivity contribution is 8.22. The van der Waals surface area contributed by atoms with Gasteiger partial charge in [0.15, 0.2) is 0 Å². The van der Waals surface area contributed by atoms with Crippen molar-refractivity contribution in [3.63, 3.8) is 0 Å². The Balaban J connectivity index is 1.92. The summed E-state index contributed by atoms with van der Waals surface area (Å²) in [4.78, 5) is 13.0. The van der Waals surface area contributed by atoms with Crippen LogP contribution in [0.5, 0.6) is 0 Å². The third-order valence-corrected chi connectivity index (χ3v) is 4.22. The van der Waals surface area contributed by atoms with Crippen molar-refractivity contribution >= 4 is 39.5 Å². The quantitative estimate of drug-likeness (QED) is 0.723. The van der Waals surface area contributed by atoms with Crippen molar-refractivity contribution in [2.75, 3.05) is 0 Å². The maximum atomic E-state index is 12.0. The topological polar surface area (TPSA) is 17.1 Å². The summed E-state index contributed by atoms with van der Waals surface area (Å²) < 4.78 is 0. The molecule has 3 rings (SSSR count). The maximum absolute atomic E-state index is 12.0. The second-order valence-corrected chi connectivity index (χ2v) is 5.87. The number of hydrogen-bond acceptors (Lipinski definition) is 2. The Kier molecular flexibility index (Phi) is 3.77. The molecule has 1 heterocycles. The molecule has 3 heteroatoms. The van der Waals surface area contributed by atoms with Crippen molar-refractivity contribution in [2.45, 2.75) is 0 Å². The number of benzene rings is 2. The van der Waals surface area contributed by atoms with Crippen LogP contribution in [0.2, 0.25) is 5.02 Å². The van der Waals surface area contributed by atoms with Gasteiger partial charge in [-0.15, -0.1) is 0 Å². The minimum absolute atomic E-state index is 0.0822. The van der Waals surface area contributed by atoms with Gasteiger partial charge < -0.3 is 0 Å². The molecule has 1 nitrogen and oxygen atoms in total. The predicted octanol–water partition coefficient (Wildman–Crippen LogP) is 5.04. The molecule has 0 bridgehead atoms. The van der Waals surface area contributed by atoms with Crippen molar-refractivity contribution in [3.05, 3.63) is 82.4 Å². The van der Waals surface area contributed by atoms with Crippen LogP contribution in [0.3, 0.4) is 0 Å². The highest BCUT2D eigenvalue weighted by Gasteiger charge is 2.20. The monoisotopic (exact) mass is 298 g/mol. The molecule has 0 unspecified atom stereocenters. The van der Waals surface area contributed by atoms with E-state index in [1.165, 1.54) is 11.8 Å². The van der Waals surface area contributed by atoms with Gasteiger partial charge in [0.25, 0.3) is 0 Å². The second-order valence-electron chi connectivity index (χ2n) is 4.42. The molecule has 1 aliphatic rings. The van der Waals surface area contributed by atoms with Crippen LogP contribution >= 0.6 is 23.4 Å². The first-order valence-corrected chi connectivity index (χ1v) is 7.38. The van der Waals surface area contributed by atoms with Crippen molar-refractivity contribution in [2.24, 2.45) is 0 Å². The normalized spacial score (nSPS) is 16.6.